The highest BCUT2D eigenvalue weighted by atomic mass is 16.7. The van der Waals surface area contributed by atoms with Gasteiger partial charge in [-0.15, -0.1) is 0 Å². The van der Waals surface area contributed by atoms with Crippen molar-refractivity contribution in [3.05, 3.63) is 58.8 Å². The largest absolute Gasteiger partial charge is 0.462 e. The number of hydrogen-bond donors (Lipinski definition) is 8. The van der Waals surface area contributed by atoms with E-state index in [0.717, 1.165) is 0 Å². The Labute approximate surface area is 267 Å². The van der Waals surface area contributed by atoms with Crippen molar-refractivity contribution in [1.82, 2.24) is 10.6 Å². The Morgan fingerprint density at radius 2 is 1.30 bits per heavy atom. The van der Waals surface area contributed by atoms with Crippen LogP contribution in [0.25, 0.3) is 22.3 Å². The lowest BCUT2D eigenvalue weighted by Gasteiger charge is -2.42. The van der Waals surface area contributed by atoms with E-state index in [1.54, 1.807) is 30.3 Å². The van der Waals surface area contributed by atoms with E-state index in [-0.39, 0.29) is 28.2 Å². The topological polar surface area (TPSA) is 247 Å². The van der Waals surface area contributed by atoms with Gasteiger partial charge in [-0.1, -0.05) is 30.3 Å². The average Bonchev–Trinajstić information content (AvgIpc) is 3.03. The van der Waals surface area contributed by atoms with Crippen molar-refractivity contribution < 1.29 is 63.6 Å². The zero-order chi connectivity index (χ0) is 34.0. The van der Waals surface area contributed by atoms with Crippen LogP contribution >= 0.6 is 0 Å². The standard InChI is InChI=1S/C31H36N2O14/c1-13(36)32-24-28(41)26(39)21(11-34)46-30(24)43-16-8-19-23(17(38)10-18(44-19)15-6-4-3-5-7-15)20(9-16)45-31-25(33-14(2)37)29(42)27(40)22(12-35)47-31/h3-10,21-22,24-31,34-35,39-42H,11-12H2,1-2H3,(H,32,36)(H,33,37). The first-order valence-corrected chi connectivity index (χ1v) is 14.7. The maximum absolute atomic E-state index is 13.6. The van der Waals surface area contributed by atoms with Gasteiger partial charge < -0.3 is 64.6 Å². The van der Waals surface area contributed by atoms with E-state index in [1.165, 1.54) is 32.0 Å². The highest BCUT2D eigenvalue weighted by Gasteiger charge is 2.47. The molecule has 10 atom stereocenters. The molecule has 2 aliphatic rings. The Balaban J connectivity index is 1.62. The third-order valence-corrected chi connectivity index (χ3v) is 7.82. The highest BCUT2D eigenvalue weighted by Crippen LogP contribution is 2.36. The minimum absolute atomic E-state index is 0.0683. The summed E-state index contributed by atoms with van der Waals surface area (Å²) in [5.41, 5.74) is -0.0725. The van der Waals surface area contributed by atoms with E-state index < -0.39 is 91.7 Å². The fraction of sp³-hybridized carbons (Fsp3) is 0.452. The molecule has 8 N–H and O–H groups in total. The van der Waals surface area contributed by atoms with Crippen LogP contribution in [0, 0.1) is 0 Å². The summed E-state index contributed by atoms with van der Waals surface area (Å²) < 4.78 is 29.5. The molecule has 0 aliphatic carbocycles. The molecule has 2 fully saturated rings. The van der Waals surface area contributed by atoms with Crippen LogP contribution in [0.4, 0.5) is 0 Å². The normalized spacial score (nSPS) is 30.8. The molecule has 2 aromatic carbocycles. The number of fused-ring (bicyclic) bond motifs is 1. The number of ether oxygens (including phenoxy) is 4. The molecule has 0 radical (unpaired) electrons. The van der Waals surface area contributed by atoms with Crippen LogP contribution in [0.2, 0.25) is 0 Å². The van der Waals surface area contributed by atoms with E-state index in [4.69, 9.17) is 23.4 Å². The van der Waals surface area contributed by atoms with E-state index in [1.807, 2.05) is 0 Å². The van der Waals surface area contributed by atoms with E-state index in [9.17, 15) is 45.0 Å². The van der Waals surface area contributed by atoms with Crippen LogP contribution in [-0.2, 0) is 19.1 Å². The molecule has 16 heteroatoms. The van der Waals surface area contributed by atoms with Crippen molar-refractivity contribution >= 4 is 22.8 Å². The van der Waals surface area contributed by atoms with Gasteiger partial charge in [-0.05, 0) is 0 Å². The summed E-state index contributed by atoms with van der Waals surface area (Å²) in [5.74, 6) is -1.35. The number of rotatable bonds is 9. The van der Waals surface area contributed by atoms with Crippen LogP contribution in [-0.4, -0.2) is 117 Å². The van der Waals surface area contributed by atoms with Gasteiger partial charge in [0.15, 0.2) is 5.43 Å². The lowest BCUT2D eigenvalue weighted by molar-refractivity contribution is -0.245. The molecule has 5 rings (SSSR count). The molecule has 2 aliphatic heterocycles. The predicted molar refractivity (Wildman–Crippen MR) is 160 cm³/mol. The molecule has 3 heterocycles. The Hall–Kier alpha value is -4.13. The highest BCUT2D eigenvalue weighted by molar-refractivity contribution is 5.86. The van der Waals surface area contributed by atoms with Gasteiger partial charge in [0, 0.05) is 37.6 Å². The fourth-order valence-electron chi connectivity index (χ4n) is 5.54. The molecule has 254 valence electrons. The van der Waals surface area contributed by atoms with E-state index in [2.05, 4.69) is 10.6 Å². The minimum atomic E-state index is -1.65. The third kappa shape index (κ3) is 7.24. The summed E-state index contributed by atoms with van der Waals surface area (Å²) >= 11 is 0. The Kier molecular flexibility index (Phi) is 10.4. The van der Waals surface area contributed by atoms with Crippen LogP contribution in [0.15, 0.2) is 57.7 Å². The zero-order valence-electron chi connectivity index (χ0n) is 25.3. The average molecular weight is 661 g/mol. The van der Waals surface area contributed by atoms with Gasteiger partial charge in [-0.2, -0.15) is 0 Å². The maximum Gasteiger partial charge on any atom is 0.223 e. The lowest BCUT2D eigenvalue weighted by Crippen LogP contribution is -2.65. The van der Waals surface area contributed by atoms with E-state index in [0.29, 0.717) is 5.56 Å². The van der Waals surface area contributed by atoms with Crippen LogP contribution in [0.1, 0.15) is 13.8 Å². The van der Waals surface area contributed by atoms with Crippen molar-refractivity contribution in [1.29, 1.82) is 0 Å². The molecule has 10 unspecified atom stereocenters. The summed E-state index contributed by atoms with van der Waals surface area (Å²) in [6.45, 7) is 0.923. The first kappa shape index (κ1) is 34.2. The summed E-state index contributed by atoms with van der Waals surface area (Å²) in [7, 11) is 0. The predicted octanol–water partition coefficient (Wildman–Crippen LogP) is -1.89. The Bertz CT molecular complexity index is 1630. The lowest BCUT2D eigenvalue weighted by atomic mass is 9.97. The van der Waals surface area contributed by atoms with Gasteiger partial charge in [-0.25, -0.2) is 0 Å². The molecule has 3 aromatic rings. The van der Waals surface area contributed by atoms with Gasteiger partial charge in [0.25, 0.3) is 0 Å². The van der Waals surface area contributed by atoms with Crippen molar-refractivity contribution in [3.8, 4) is 22.8 Å². The van der Waals surface area contributed by atoms with Gasteiger partial charge in [0.05, 0.1) is 13.2 Å². The molecule has 16 nitrogen and oxygen atoms in total. The second-order valence-electron chi connectivity index (χ2n) is 11.2. The molecule has 0 bridgehead atoms. The van der Waals surface area contributed by atoms with Crippen LogP contribution in [0.3, 0.4) is 0 Å². The smallest absolute Gasteiger partial charge is 0.223 e. The molecule has 47 heavy (non-hydrogen) atoms. The first-order chi connectivity index (χ1) is 22.4. The first-order valence-electron chi connectivity index (χ1n) is 14.7. The maximum atomic E-state index is 13.6. The van der Waals surface area contributed by atoms with E-state index >= 15 is 0 Å². The summed E-state index contributed by atoms with van der Waals surface area (Å²) in [6.07, 6.45) is -12.1. The van der Waals surface area contributed by atoms with Crippen molar-refractivity contribution in [3.63, 3.8) is 0 Å². The van der Waals surface area contributed by atoms with Crippen molar-refractivity contribution in [2.75, 3.05) is 13.2 Å². The molecule has 2 saturated heterocycles. The number of benzene rings is 2. The Morgan fingerprint density at radius 1 is 0.766 bits per heavy atom. The second kappa shape index (κ2) is 14.3. The molecule has 0 spiro atoms. The van der Waals surface area contributed by atoms with Gasteiger partial charge in [0.2, 0.25) is 24.4 Å². The molecule has 1 aromatic heterocycles. The molecule has 0 saturated carbocycles. The number of nitrogens with one attached hydrogen (secondary N) is 2. The summed E-state index contributed by atoms with van der Waals surface area (Å²) in [5, 5.41) is 66.6. The summed E-state index contributed by atoms with van der Waals surface area (Å²) in [6, 6.07) is 9.78. The van der Waals surface area contributed by atoms with Gasteiger partial charge >= 0.3 is 0 Å². The number of aliphatic hydroxyl groups is 6. The van der Waals surface area contributed by atoms with Crippen molar-refractivity contribution in [2.24, 2.45) is 0 Å². The molecular formula is C31H36N2O14. The number of aliphatic hydroxyl groups excluding tert-OH is 6. The monoisotopic (exact) mass is 660 g/mol. The van der Waals surface area contributed by atoms with Crippen molar-refractivity contribution in [2.45, 2.75) is 75.1 Å². The summed E-state index contributed by atoms with van der Waals surface area (Å²) in [4.78, 5) is 37.5. The number of carbonyl (C=O) groups excluding carboxylic acids is 2. The second-order valence-corrected chi connectivity index (χ2v) is 11.2. The van der Waals surface area contributed by atoms with Gasteiger partial charge in [-0.3, -0.25) is 14.4 Å². The van der Waals surface area contributed by atoms with Crippen LogP contribution in [0.5, 0.6) is 11.5 Å². The minimum Gasteiger partial charge on any atom is -0.462 e. The number of amides is 2. The SMILES string of the molecule is CC(=O)NC1C(Oc2cc(OC3OC(CO)C(O)C(O)C3NC(C)=O)c3c(=O)cc(-c4ccccc4)oc3c2)OC(CO)C(O)C1O. The number of hydrogen-bond acceptors (Lipinski definition) is 14. The number of carbonyl (C=O) groups is 2. The molecular weight excluding hydrogens is 624 g/mol. The zero-order valence-corrected chi connectivity index (χ0v) is 25.3. The van der Waals surface area contributed by atoms with Crippen LogP contribution < -0.4 is 25.5 Å². The third-order valence-electron chi connectivity index (χ3n) is 7.82. The van der Waals surface area contributed by atoms with Gasteiger partial charge in [0.1, 0.15) is 76.9 Å². The molecule has 2 amide bonds. The quantitative estimate of drug-likeness (QED) is 0.125. The fourth-order valence-corrected chi connectivity index (χ4v) is 5.54. The Morgan fingerprint density at radius 3 is 1.81 bits per heavy atom.